The Morgan fingerprint density at radius 3 is 2.64 bits per heavy atom. The fourth-order valence-electron chi connectivity index (χ4n) is 3.54. The van der Waals surface area contributed by atoms with E-state index in [2.05, 4.69) is 28.7 Å². The fraction of sp³-hybridized carbons (Fsp3) is 0.320. The topological polar surface area (TPSA) is 102 Å². The maximum absolute atomic E-state index is 13.0. The number of aliphatic imine (C=N–C) groups is 1. The Morgan fingerprint density at radius 2 is 1.94 bits per heavy atom. The van der Waals surface area contributed by atoms with Crippen LogP contribution < -0.4 is 0 Å². The highest BCUT2D eigenvalue weighted by molar-refractivity contribution is 6.11. The zero-order valence-electron chi connectivity index (χ0n) is 19.2. The number of hydrogen-bond acceptors (Lipinski definition) is 6. The number of carbonyl (C=O) groups excluding carboxylic acids is 1. The van der Waals surface area contributed by atoms with Crippen LogP contribution in [0.3, 0.4) is 0 Å². The van der Waals surface area contributed by atoms with Crippen molar-refractivity contribution in [3.63, 3.8) is 0 Å². The number of nitrogens with zero attached hydrogens (tertiary/aromatic N) is 4. The number of hydrogen-bond donors (Lipinski definition) is 0. The van der Waals surface area contributed by atoms with Crippen molar-refractivity contribution in [2.24, 2.45) is 4.99 Å². The summed E-state index contributed by atoms with van der Waals surface area (Å²) in [6, 6.07) is 11.9. The molecule has 0 bridgehead atoms. The zero-order valence-corrected chi connectivity index (χ0v) is 19.2. The molecule has 0 saturated carbocycles. The van der Waals surface area contributed by atoms with E-state index in [-0.39, 0.29) is 11.8 Å². The van der Waals surface area contributed by atoms with Crippen molar-refractivity contribution in [2.45, 2.75) is 33.6 Å². The van der Waals surface area contributed by atoms with Crippen LogP contribution in [0.4, 0.5) is 5.88 Å². The molecule has 0 spiro atoms. The molecule has 8 nitrogen and oxygen atoms in total. The number of rotatable bonds is 10. The summed E-state index contributed by atoms with van der Waals surface area (Å²) in [6.07, 6.45) is 4.95. The number of pyridine rings is 1. The smallest absolute Gasteiger partial charge is 0.401 e. The molecule has 2 heterocycles. The van der Waals surface area contributed by atoms with Crippen molar-refractivity contribution in [3.05, 3.63) is 69.6 Å². The van der Waals surface area contributed by atoms with Gasteiger partial charge in [-0.2, -0.15) is 0 Å². The average Bonchev–Trinajstić information content (AvgIpc) is 3.29. The van der Waals surface area contributed by atoms with Crippen LogP contribution in [0.2, 0.25) is 0 Å². The maximum Gasteiger partial charge on any atom is 0.433 e. The van der Waals surface area contributed by atoms with Gasteiger partial charge in [-0.15, -0.1) is 0 Å². The minimum Gasteiger partial charge on any atom is -0.401 e. The van der Waals surface area contributed by atoms with Gasteiger partial charge in [0.25, 0.3) is 5.91 Å². The number of amides is 1. The molecule has 0 saturated heterocycles. The van der Waals surface area contributed by atoms with Crippen LogP contribution in [0.25, 0.3) is 23.1 Å². The largest absolute Gasteiger partial charge is 0.433 e. The Bertz CT molecular complexity index is 1190. The third-order valence-corrected chi connectivity index (χ3v) is 5.38. The van der Waals surface area contributed by atoms with Gasteiger partial charge < -0.3 is 9.32 Å². The second-order valence-corrected chi connectivity index (χ2v) is 7.66. The lowest BCUT2D eigenvalue weighted by Crippen LogP contribution is -2.24. The van der Waals surface area contributed by atoms with E-state index in [0.29, 0.717) is 22.5 Å². The van der Waals surface area contributed by atoms with Crippen LogP contribution in [-0.2, 0) is 0 Å². The SMILES string of the molecule is CCN(CC)CCCC(C)=NC(=O)c1cc(C=Cc2ccc([N+](=O)[O-])o2)nc2ccccc12. The first-order chi connectivity index (χ1) is 15.9. The fourth-order valence-corrected chi connectivity index (χ4v) is 3.54. The minimum absolute atomic E-state index is 0.308. The lowest BCUT2D eigenvalue weighted by molar-refractivity contribution is -0.402. The zero-order chi connectivity index (χ0) is 23.8. The number of nitro groups is 1. The van der Waals surface area contributed by atoms with Crippen LogP contribution in [0.1, 0.15) is 55.4 Å². The number of carbonyl (C=O) groups is 1. The number of benzene rings is 1. The van der Waals surface area contributed by atoms with E-state index < -0.39 is 4.92 Å². The normalized spacial score (nSPS) is 12.2. The van der Waals surface area contributed by atoms with Crippen LogP contribution in [-0.4, -0.2) is 46.1 Å². The van der Waals surface area contributed by atoms with Gasteiger partial charge in [0, 0.05) is 11.1 Å². The van der Waals surface area contributed by atoms with Crippen LogP contribution in [0.5, 0.6) is 0 Å². The van der Waals surface area contributed by atoms with Crippen LogP contribution in [0.15, 0.2) is 51.9 Å². The first-order valence-electron chi connectivity index (χ1n) is 11.0. The molecule has 2 aromatic heterocycles. The van der Waals surface area contributed by atoms with E-state index in [4.69, 9.17) is 4.42 Å². The summed E-state index contributed by atoms with van der Waals surface area (Å²) in [6.45, 7) is 9.16. The van der Waals surface area contributed by atoms with Gasteiger partial charge in [0.2, 0.25) is 0 Å². The highest BCUT2D eigenvalue weighted by Crippen LogP contribution is 2.22. The van der Waals surface area contributed by atoms with Gasteiger partial charge in [-0.1, -0.05) is 32.0 Å². The van der Waals surface area contributed by atoms with E-state index >= 15 is 0 Å². The second kappa shape index (κ2) is 11.3. The monoisotopic (exact) mass is 448 g/mol. The summed E-state index contributed by atoms with van der Waals surface area (Å²) in [5.41, 5.74) is 2.47. The van der Waals surface area contributed by atoms with Gasteiger partial charge in [-0.25, -0.2) is 9.98 Å². The minimum atomic E-state index is -0.593. The van der Waals surface area contributed by atoms with Crippen LogP contribution >= 0.6 is 0 Å². The molecule has 1 amide bonds. The lowest BCUT2D eigenvalue weighted by atomic mass is 10.1. The molecule has 0 atom stereocenters. The van der Waals surface area contributed by atoms with E-state index in [0.717, 1.165) is 43.6 Å². The van der Waals surface area contributed by atoms with E-state index in [1.54, 1.807) is 18.2 Å². The number of furan rings is 1. The summed E-state index contributed by atoms with van der Waals surface area (Å²) in [5.74, 6) is -0.313. The summed E-state index contributed by atoms with van der Waals surface area (Å²) >= 11 is 0. The first kappa shape index (κ1) is 24.0. The van der Waals surface area contributed by atoms with E-state index in [9.17, 15) is 14.9 Å². The predicted molar refractivity (Wildman–Crippen MR) is 130 cm³/mol. The van der Waals surface area contributed by atoms with Gasteiger partial charge in [0.05, 0.1) is 22.8 Å². The molecule has 1 aromatic carbocycles. The molecule has 172 valence electrons. The quantitative estimate of drug-likeness (QED) is 0.226. The van der Waals surface area contributed by atoms with Crippen molar-refractivity contribution in [1.29, 1.82) is 0 Å². The molecule has 0 aliphatic rings. The first-order valence-corrected chi connectivity index (χ1v) is 11.0. The molecule has 0 aliphatic heterocycles. The third-order valence-electron chi connectivity index (χ3n) is 5.38. The average molecular weight is 449 g/mol. The van der Waals surface area contributed by atoms with E-state index in [1.165, 1.54) is 12.1 Å². The Morgan fingerprint density at radius 1 is 1.18 bits per heavy atom. The molecule has 33 heavy (non-hydrogen) atoms. The highest BCUT2D eigenvalue weighted by atomic mass is 16.6. The van der Waals surface area contributed by atoms with Crippen molar-refractivity contribution >= 4 is 40.6 Å². The second-order valence-electron chi connectivity index (χ2n) is 7.66. The summed E-state index contributed by atoms with van der Waals surface area (Å²) in [7, 11) is 0. The molecule has 8 heteroatoms. The van der Waals surface area contributed by atoms with Crippen LogP contribution in [0, 0.1) is 10.1 Å². The third kappa shape index (κ3) is 6.43. The predicted octanol–water partition coefficient (Wildman–Crippen LogP) is 5.63. The molecule has 0 fully saturated rings. The van der Waals surface area contributed by atoms with Crippen molar-refractivity contribution in [2.75, 3.05) is 19.6 Å². The number of fused-ring (bicyclic) bond motifs is 1. The van der Waals surface area contributed by atoms with Gasteiger partial charge in [-0.05, 0) is 69.8 Å². The molecular formula is C25H28N4O4. The molecule has 3 rings (SSSR count). The standard InChI is InChI=1S/C25H28N4O4/c1-4-28(5-2)16-8-9-18(3)26-25(30)22-17-19(27-23-11-7-6-10-21(22)23)12-13-20-14-15-24(33-20)29(31)32/h6-7,10-15,17H,4-5,8-9,16H2,1-3H3. The summed E-state index contributed by atoms with van der Waals surface area (Å²) in [4.78, 5) is 34.5. The Balaban J connectivity index is 1.83. The van der Waals surface area contributed by atoms with Gasteiger partial charge in [0.15, 0.2) is 0 Å². The Hall–Kier alpha value is -3.65. The van der Waals surface area contributed by atoms with Gasteiger partial charge in [0.1, 0.15) is 10.7 Å². The van der Waals surface area contributed by atoms with Gasteiger partial charge in [-0.3, -0.25) is 14.9 Å². The molecule has 0 N–H and O–H groups in total. The maximum atomic E-state index is 13.0. The van der Waals surface area contributed by atoms with Crippen molar-refractivity contribution in [1.82, 2.24) is 9.88 Å². The van der Waals surface area contributed by atoms with Crippen molar-refractivity contribution < 1.29 is 14.1 Å². The summed E-state index contributed by atoms with van der Waals surface area (Å²) < 4.78 is 5.15. The Kier molecular flexibility index (Phi) is 8.21. The number of aromatic nitrogens is 1. The van der Waals surface area contributed by atoms with Gasteiger partial charge >= 0.3 is 5.88 Å². The molecule has 0 radical (unpaired) electrons. The summed E-state index contributed by atoms with van der Waals surface area (Å²) in [5, 5.41) is 11.5. The molecular weight excluding hydrogens is 420 g/mol. The molecule has 0 aliphatic carbocycles. The molecule has 3 aromatic rings. The number of para-hydroxylation sites is 1. The van der Waals surface area contributed by atoms with Crippen molar-refractivity contribution in [3.8, 4) is 0 Å². The lowest BCUT2D eigenvalue weighted by Gasteiger charge is -2.17. The Labute approximate surface area is 192 Å². The molecule has 0 unspecified atom stereocenters. The highest BCUT2D eigenvalue weighted by Gasteiger charge is 2.13. The van der Waals surface area contributed by atoms with E-state index in [1.807, 2.05) is 31.2 Å².